The van der Waals surface area contributed by atoms with Crippen LogP contribution in [0.2, 0.25) is 0 Å². The molecule has 90 valence electrons. The fraction of sp³-hybridized carbons (Fsp3) is 0.917. The number of nitrogens with one attached hydrogen (secondary N) is 2. The Morgan fingerprint density at radius 1 is 1.13 bits per heavy atom. The zero-order valence-electron chi connectivity index (χ0n) is 11.0. The topological polar surface area (TPSA) is 41.1 Å². The molecule has 2 N–H and O–H groups in total. The smallest absolute Gasteiger partial charge is 0.233 e. The molecule has 0 bridgehead atoms. The normalized spacial score (nSPS) is 12.7. The van der Waals surface area contributed by atoms with E-state index in [4.69, 9.17) is 0 Å². The van der Waals surface area contributed by atoms with Crippen LogP contribution in [0.1, 0.15) is 48.0 Å². The summed E-state index contributed by atoms with van der Waals surface area (Å²) in [7, 11) is 0. The van der Waals surface area contributed by atoms with E-state index in [9.17, 15) is 4.79 Å². The van der Waals surface area contributed by atoms with Gasteiger partial charge >= 0.3 is 0 Å². The molecule has 0 aromatic rings. The van der Waals surface area contributed by atoms with Crippen molar-refractivity contribution in [1.29, 1.82) is 0 Å². The second kappa shape index (κ2) is 5.50. The molecule has 15 heavy (non-hydrogen) atoms. The van der Waals surface area contributed by atoms with E-state index in [0.29, 0.717) is 6.54 Å². The summed E-state index contributed by atoms with van der Waals surface area (Å²) in [6, 6.07) is 0. The number of amides is 1. The molecule has 0 aromatic heterocycles. The number of hydrogen-bond donors (Lipinski definition) is 2. The summed E-state index contributed by atoms with van der Waals surface area (Å²) in [6.45, 7) is 13.7. The lowest BCUT2D eigenvalue weighted by molar-refractivity contribution is -0.121. The predicted octanol–water partition coefficient (Wildman–Crippen LogP) is 1.93. The SMILES string of the molecule is CCC(C)(C)CNC(=O)CNC(C)(C)C. The molecule has 0 rings (SSSR count). The van der Waals surface area contributed by atoms with Gasteiger partial charge in [0.25, 0.3) is 0 Å². The molecule has 0 saturated carbocycles. The van der Waals surface area contributed by atoms with Gasteiger partial charge in [-0.05, 0) is 32.6 Å². The van der Waals surface area contributed by atoms with Crippen LogP contribution in [-0.2, 0) is 4.79 Å². The van der Waals surface area contributed by atoms with Gasteiger partial charge in [0.05, 0.1) is 6.54 Å². The first-order valence-electron chi connectivity index (χ1n) is 5.68. The molecule has 0 aliphatic carbocycles. The van der Waals surface area contributed by atoms with Gasteiger partial charge in [0.15, 0.2) is 0 Å². The van der Waals surface area contributed by atoms with Crippen LogP contribution in [0.25, 0.3) is 0 Å². The Morgan fingerprint density at radius 3 is 2.07 bits per heavy atom. The molecular formula is C12H26N2O. The quantitative estimate of drug-likeness (QED) is 0.734. The van der Waals surface area contributed by atoms with E-state index in [1.807, 2.05) is 0 Å². The predicted molar refractivity (Wildman–Crippen MR) is 64.8 cm³/mol. The largest absolute Gasteiger partial charge is 0.354 e. The third kappa shape index (κ3) is 8.43. The Balaban J connectivity index is 3.77. The lowest BCUT2D eigenvalue weighted by Crippen LogP contribution is -2.45. The summed E-state index contributed by atoms with van der Waals surface area (Å²) in [5, 5.41) is 6.11. The molecule has 0 aliphatic heterocycles. The van der Waals surface area contributed by atoms with Crippen molar-refractivity contribution < 1.29 is 4.79 Å². The summed E-state index contributed by atoms with van der Waals surface area (Å²) in [6.07, 6.45) is 1.07. The Kier molecular flexibility index (Phi) is 5.29. The molecule has 0 atom stereocenters. The zero-order chi connectivity index (χ0) is 12.1. The average Bonchev–Trinajstić information content (AvgIpc) is 2.10. The van der Waals surface area contributed by atoms with Crippen molar-refractivity contribution >= 4 is 5.91 Å². The van der Waals surface area contributed by atoms with E-state index < -0.39 is 0 Å². The van der Waals surface area contributed by atoms with Gasteiger partial charge in [0.1, 0.15) is 0 Å². The number of hydrogen-bond acceptors (Lipinski definition) is 2. The lowest BCUT2D eigenvalue weighted by Gasteiger charge is -2.24. The van der Waals surface area contributed by atoms with Crippen LogP contribution >= 0.6 is 0 Å². The van der Waals surface area contributed by atoms with Gasteiger partial charge in [0, 0.05) is 12.1 Å². The third-order valence-corrected chi connectivity index (χ3v) is 2.50. The van der Waals surface area contributed by atoms with E-state index in [2.05, 4.69) is 52.2 Å². The van der Waals surface area contributed by atoms with Gasteiger partial charge in [-0.3, -0.25) is 4.79 Å². The molecule has 1 amide bonds. The Labute approximate surface area is 94.0 Å². The fourth-order valence-electron chi connectivity index (χ4n) is 0.871. The van der Waals surface area contributed by atoms with Crippen molar-refractivity contribution in [2.75, 3.05) is 13.1 Å². The van der Waals surface area contributed by atoms with Crippen LogP contribution in [-0.4, -0.2) is 24.5 Å². The summed E-state index contributed by atoms with van der Waals surface area (Å²) >= 11 is 0. The summed E-state index contributed by atoms with van der Waals surface area (Å²) < 4.78 is 0. The minimum Gasteiger partial charge on any atom is -0.354 e. The van der Waals surface area contributed by atoms with E-state index in [0.717, 1.165) is 13.0 Å². The first kappa shape index (κ1) is 14.4. The van der Waals surface area contributed by atoms with Crippen molar-refractivity contribution in [2.45, 2.75) is 53.5 Å². The first-order chi connectivity index (χ1) is 6.66. The maximum absolute atomic E-state index is 11.5. The van der Waals surface area contributed by atoms with Crippen LogP contribution in [0.15, 0.2) is 0 Å². The molecule has 0 spiro atoms. The number of rotatable bonds is 5. The molecule has 0 aliphatic rings. The van der Waals surface area contributed by atoms with E-state index in [1.54, 1.807) is 0 Å². The fourth-order valence-corrected chi connectivity index (χ4v) is 0.871. The molecule has 0 radical (unpaired) electrons. The van der Waals surface area contributed by atoms with Crippen molar-refractivity contribution in [1.82, 2.24) is 10.6 Å². The molecule has 0 unspecified atom stereocenters. The summed E-state index contributed by atoms with van der Waals surface area (Å²) in [5.41, 5.74) is 0.189. The van der Waals surface area contributed by atoms with Crippen molar-refractivity contribution in [3.63, 3.8) is 0 Å². The van der Waals surface area contributed by atoms with Gasteiger partial charge in [-0.1, -0.05) is 20.8 Å². The monoisotopic (exact) mass is 214 g/mol. The molecule has 0 fully saturated rings. The lowest BCUT2D eigenvalue weighted by atomic mass is 9.90. The Bertz CT molecular complexity index is 204. The minimum absolute atomic E-state index is 0.00237. The molecule has 3 nitrogen and oxygen atoms in total. The Morgan fingerprint density at radius 2 is 1.67 bits per heavy atom. The average molecular weight is 214 g/mol. The highest BCUT2D eigenvalue weighted by Gasteiger charge is 2.17. The zero-order valence-corrected chi connectivity index (χ0v) is 11.0. The van der Waals surface area contributed by atoms with E-state index >= 15 is 0 Å². The van der Waals surface area contributed by atoms with Gasteiger partial charge in [0.2, 0.25) is 5.91 Å². The second-order valence-electron chi connectivity index (χ2n) is 5.90. The highest BCUT2D eigenvalue weighted by molar-refractivity contribution is 5.78. The minimum atomic E-state index is -0.00237. The number of carbonyl (C=O) groups excluding carboxylic acids is 1. The Hall–Kier alpha value is -0.570. The molecule has 3 heteroatoms. The van der Waals surface area contributed by atoms with Crippen LogP contribution in [0, 0.1) is 5.41 Å². The van der Waals surface area contributed by atoms with Crippen molar-refractivity contribution in [3.8, 4) is 0 Å². The molecule has 0 aromatic carbocycles. The van der Waals surface area contributed by atoms with Gasteiger partial charge in [-0.15, -0.1) is 0 Å². The highest BCUT2D eigenvalue weighted by Crippen LogP contribution is 2.17. The van der Waals surface area contributed by atoms with Crippen molar-refractivity contribution in [3.05, 3.63) is 0 Å². The van der Waals surface area contributed by atoms with E-state index in [-0.39, 0.29) is 16.9 Å². The molecule has 0 saturated heterocycles. The highest BCUT2D eigenvalue weighted by atomic mass is 16.1. The van der Waals surface area contributed by atoms with E-state index in [1.165, 1.54) is 0 Å². The summed E-state index contributed by atoms with van der Waals surface area (Å²) in [5.74, 6) is 0.0754. The van der Waals surface area contributed by atoms with Crippen LogP contribution < -0.4 is 10.6 Å². The van der Waals surface area contributed by atoms with Crippen molar-refractivity contribution in [2.24, 2.45) is 5.41 Å². The van der Waals surface area contributed by atoms with Crippen LogP contribution in [0.3, 0.4) is 0 Å². The first-order valence-corrected chi connectivity index (χ1v) is 5.68. The van der Waals surface area contributed by atoms with Gasteiger partial charge in [-0.25, -0.2) is 0 Å². The standard InChI is InChI=1S/C12H26N2O/c1-7-12(5,6)9-13-10(15)8-14-11(2,3)4/h14H,7-9H2,1-6H3,(H,13,15). The van der Waals surface area contributed by atoms with Gasteiger partial charge in [-0.2, -0.15) is 0 Å². The second-order valence-corrected chi connectivity index (χ2v) is 5.90. The van der Waals surface area contributed by atoms with Gasteiger partial charge < -0.3 is 10.6 Å². The maximum atomic E-state index is 11.5. The molecule has 0 heterocycles. The maximum Gasteiger partial charge on any atom is 0.233 e. The number of carbonyl (C=O) groups is 1. The van der Waals surface area contributed by atoms with Crippen LogP contribution in [0.4, 0.5) is 0 Å². The molecular weight excluding hydrogens is 188 g/mol. The third-order valence-electron chi connectivity index (χ3n) is 2.50. The van der Waals surface area contributed by atoms with Crippen LogP contribution in [0.5, 0.6) is 0 Å². The summed E-state index contributed by atoms with van der Waals surface area (Å²) in [4.78, 5) is 11.5.